The van der Waals surface area contributed by atoms with Gasteiger partial charge >= 0.3 is 6.18 Å². The fourth-order valence-corrected chi connectivity index (χ4v) is 5.60. The molecule has 3 aromatic rings. The van der Waals surface area contributed by atoms with Gasteiger partial charge in [0.2, 0.25) is 0 Å². The van der Waals surface area contributed by atoms with Crippen LogP contribution in [-0.4, -0.2) is 41.9 Å². The van der Waals surface area contributed by atoms with Gasteiger partial charge in [0, 0.05) is 59.7 Å². The van der Waals surface area contributed by atoms with Crippen LogP contribution in [0.1, 0.15) is 22.4 Å². The van der Waals surface area contributed by atoms with E-state index >= 15 is 0 Å². The largest absolute Gasteiger partial charge is 0.493 e. The van der Waals surface area contributed by atoms with Crippen LogP contribution in [0.15, 0.2) is 43.0 Å². The minimum atomic E-state index is -4.60. The van der Waals surface area contributed by atoms with Crippen LogP contribution in [0.25, 0.3) is 33.5 Å². The highest BCUT2D eigenvalue weighted by molar-refractivity contribution is 6.05. The van der Waals surface area contributed by atoms with Crippen molar-refractivity contribution < 1.29 is 22.3 Å². The van der Waals surface area contributed by atoms with Crippen LogP contribution in [0.3, 0.4) is 0 Å². The minimum absolute atomic E-state index is 0.0287. The molecular weight excluding hydrogens is 502 g/mol. The van der Waals surface area contributed by atoms with E-state index in [1.807, 2.05) is 17.6 Å². The van der Waals surface area contributed by atoms with Gasteiger partial charge in [-0.3, -0.25) is 14.5 Å². The lowest BCUT2D eigenvalue weighted by molar-refractivity contribution is -0.0691. The Bertz CT molecular complexity index is 1800. The molecule has 0 fully saturated rings. The van der Waals surface area contributed by atoms with E-state index in [0.29, 0.717) is 52.4 Å². The van der Waals surface area contributed by atoms with Crippen molar-refractivity contribution in [2.45, 2.75) is 32.6 Å². The van der Waals surface area contributed by atoms with E-state index in [0.717, 1.165) is 11.3 Å². The maximum absolute atomic E-state index is 14.9. The standard InChI is InChI=1S/C26H21F4N7O/c1-13-10-15-23-20(17(26(28,29)30)4-8-36(13)23)21-22(32-7-6-31-21)25(37-12-34-35-24(15)37)33-11-16-14-5-9-38-19(14)3-2-18(16)27/h2-4,6-7,10,12,32-33,35H,5,8-9,11H2,1H3. The van der Waals surface area contributed by atoms with Crippen molar-refractivity contribution in [3.8, 4) is 17.1 Å². The van der Waals surface area contributed by atoms with E-state index in [-0.39, 0.29) is 30.2 Å². The van der Waals surface area contributed by atoms with E-state index in [1.54, 1.807) is 16.7 Å². The Balaban J connectivity index is 1.54. The second kappa shape index (κ2) is 8.01. The van der Waals surface area contributed by atoms with Gasteiger partial charge in [0.15, 0.2) is 0 Å². The number of allylic oxidation sites excluding steroid dienone is 2. The van der Waals surface area contributed by atoms with Crippen LogP contribution in [-0.2, 0) is 19.5 Å². The lowest BCUT2D eigenvalue weighted by atomic mass is 9.97. The molecule has 194 valence electrons. The number of aromatic amines is 2. The molecule has 1 aromatic carbocycles. The Kier molecular flexibility index (Phi) is 4.78. The van der Waals surface area contributed by atoms with Gasteiger partial charge in [-0.25, -0.2) is 4.39 Å². The summed E-state index contributed by atoms with van der Waals surface area (Å²) in [4.78, 5) is 7.53. The van der Waals surface area contributed by atoms with Gasteiger partial charge in [-0.15, -0.1) is 0 Å². The van der Waals surface area contributed by atoms with Gasteiger partial charge in [-0.05, 0) is 25.1 Å². The fourth-order valence-electron chi connectivity index (χ4n) is 5.60. The Morgan fingerprint density at radius 1 is 1.24 bits per heavy atom. The second-order valence-electron chi connectivity index (χ2n) is 9.34. The van der Waals surface area contributed by atoms with Gasteiger partial charge in [-0.1, -0.05) is 6.08 Å². The third kappa shape index (κ3) is 3.22. The predicted octanol–water partition coefficient (Wildman–Crippen LogP) is 5.52. The molecule has 38 heavy (non-hydrogen) atoms. The highest BCUT2D eigenvalue weighted by Gasteiger charge is 2.40. The number of aromatic nitrogens is 6. The molecule has 7 rings (SSSR count). The lowest BCUT2D eigenvalue weighted by Crippen LogP contribution is -2.18. The predicted molar refractivity (Wildman–Crippen MR) is 133 cm³/mol. The third-order valence-corrected chi connectivity index (χ3v) is 7.26. The first-order chi connectivity index (χ1) is 18.3. The van der Waals surface area contributed by atoms with Crippen LogP contribution < -0.4 is 10.1 Å². The van der Waals surface area contributed by atoms with E-state index in [1.165, 1.54) is 24.7 Å². The minimum Gasteiger partial charge on any atom is -0.493 e. The molecule has 2 aromatic heterocycles. The maximum Gasteiger partial charge on any atom is 0.416 e. The van der Waals surface area contributed by atoms with Crippen LogP contribution in [0.2, 0.25) is 0 Å². The molecule has 6 heterocycles. The number of nitrogens with zero attached hydrogens (tertiary/aromatic N) is 4. The van der Waals surface area contributed by atoms with Gasteiger partial charge in [0.25, 0.3) is 0 Å². The molecule has 4 aliphatic rings. The van der Waals surface area contributed by atoms with Crippen molar-refractivity contribution in [2.24, 2.45) is 0 Å². The number of rotatable bonds is 3. The first-order valence-electron chi connectivity index (χ1n) is 12.0. The number of aryl methyl sites for hydroxylation is 1. The van der Waals surface area contributed by atoms with E-state index < -0.39 is 11.7 Å². The summed E-state index contributed by atoms with van der Waals surface area (Å²) in [5.41, 5.74) is 2.55. The van der Waals surface area contributed by atoms with Gasteiger partial charge in [0.1, 0.15) is 40.7 Å². The van der Waals surface area contributed by atoms with Crippen LogP contribution in [0, 0.1) is 12.7 Å². The van der Waals surface area contributed by atoms with E-state index in [4.69, 9.17) is 4.74 Å². The molecule has 0 radical (unpaired) electrons. The van der Waals surface area contributed by atoms with Crippen molar-refractivity contribution in [3.63, 3.8) is 0 Å². The number of hydrogen-bond donors (Lipinski definition) is 3. The Morgan fingerprint density at radius 2 is 2.11 bits per heavy atom. The number of nitrogens with one attached hydrogen (secondary N) is 3. The van der Waals surface area contributed by atoms with Crippen molar-refractivity contribution in [1.82, 2.24) is 29.1 Å². The normalized spacial score (nSPS) is 14.6. The van der Waals surface area contributed by atoms with Crippen molar-refractivity contribution in [3.05, 3.63) is 71.2 Å². The second-order valence-corrected chi connectivity index (χ2v) is 9.34. The van der Waals surface area contributed by atoms with Crippen LogP contribution in [0.5, 0.6) is 5.75 Å². The molecule has 0 bridgehead atoms. The summed E-state index contributed by atoms with van der Waals surface area (Å²) in [6, 6.07) is 4.81. The van der Waals surface area contributed by atoms with Gasteiger partial charge < -0.3 is 19.6 Å². The molecule has 3 N–H and O–H groups in total. The van der Waals surface area contributed by atoms with Crippen LogP contribution >= 0.6 is 0 Å². The summed E-state index contributed by atoms with van der Waals surface area (Å²) in [5, 5.41) is 11.0. The topological polar surface area (TPSA) is 88.0 Å². The molecule has 4 aliphatic heterocycles. The zero-order valence-corrected chi connectivity index (χ0v) is 20.1. The number of anilines is 1. The molecule has 0 spiro atoms. The molecule has 0 unspecified atom stereocenters. The third-order valence-electron chi connectivity index (χ3n) is 7.26. The summed E-state index contributed by atoms with van der Waals surface area (Å²) >= 11 is 0. The molecule has 12 heteroatoms. The number of fused-ring (bicyclic) bond motifs is 5. The number of ether oxygens (including phenoxy) is 1. The van der Waals surface area contributed by atoms with Gasteiger partial charge in [0.05, 0.1) is 17.7 Å². The van der Waals surface area contributed by atoms with Crippen molar-refractivity contribution in [1.29, 1.82) is 0 Å². The summed E-state index contributed by atoms with van der Waals surface area (Å²) in [5.74, 6) is 0.624. The molecule has 0 amide bonds. The van der Waals surface area contributed by atoms with Crippen molar-refractivity contribution >= 4 is 27.9 Å². The number of alkyl halides is 3. The Morgan fingerprint density at radius 3 is 2.95 bits per heavy atom. The molecule has 0 aliphatic carbocycles. The highest BCUT2D eigenvalue weighted by Crippen LogP contribution is 2.45. The lowest BCUT2D eigenvalue weighted by Gasteiger charge is -2.24. The molecular formula is C26H21F4N7O. The first-order valence-corrected chi connectivity index (χ1v) is 12.0. The zero-order valence-electron chi connectivity index (χ0n) is 20.1. The summed E-state index contributed by atoms with van der Waals surface area (Å²) < 4.78 is 67.3. The van der Waals surface area contributed by atoms with Crippen LogP contribution in [0.4, 0.5) is 23.4 Å². The molecule has 0 saturated heterocycles. The average molecular weight is 523 g/mol. The van der Waals surface area contributed by atoms with Crippen molar-refractivity contribution in [2.75, 3.05) is 11.9 Å². The number of halogens is 4. The first kappa shape index (κ1) is 22.7. The molecule has 0 atom stereocenters. The monoisotopic (exact) mass is 523 g/mol. The number of H-pyrrole nitrogens is 2. The molecule has 0 saturated carbocycles. The number of hydrogen-bond acceptors (Lipinski definition) is 4. The average Bonchev–Trinajstić information content (AvgIpc) is 3.63. The quantitative estimate of drug-likeness (QED) is 0.272. The van der Waals surface area contributed by atoms with E-state index in [9.17, 15) is 17.6 Å². The summed E-state index contributed by atoms with van der Waals surface area (Å²) in [6.07, 6.45) is 1.66. The fraction of sp³-hybridized carbons (Fsp3) is 0.231. The smallest absolute Gasteiger partial charge is 0.416 e. The summed E-state index contributed by atoms with van der Waals surface area (Å²) in [7, 11) is 0. The zero-order chi connectivity index (χ0) is 26.2. The van der Waals surface area contributed by atoms with Gasteiger partial charge in [-0.2, -0.15) is 18.3 Å². The SMILES string of the molecule is Cc1cc2c3c(c4ncc[nH]c-4c(NCc4c(F)ccc5c4CCO5)n4cn[nH]c24)C(C(F)(F)F)=CCn13. The molecule has 8 nitrogen and oxygen atoms in total. The summed E-state index contributed by atoms with van der Waals surface area (Å²) in [6.45, 7) is 2.46. The maximum atomic E-state index is 14.9. The Hall–Kier alpha value is -4.48. The number of benzene rings is 1. The van der Waals surface area contributed by atoms with E-state index in [2.05, 4.69) is 25.5 Å². The Labute approximate surface area is 212 Å². The highest BCUT2D eigenvalue weighted by atomic mass is 19.4.